The maximum atomic E-state index is 12.8. The van der Waals surface area contributed by atoms with Gasteiger partial charge in [-0.05, 0) is 31.2 Å². The largest absolute Gasteiger partial charge is 1.00 e. The first-order chi connectivity index (χ1) is 11.0. The van der Waals surface area contributed by atoms with E-state index in [2.05, 4.69) is 5.32 Å². The van der Waals surface area contributed by atoms with Gasteiger partial charge in [-0.3, -0.25) is 4.79 Å². The van der Waals surface area contributed by atoms with Crippen LogP contribution in [0, 0.1) is 5.92 Å². The number of aliphatic hydroxyl groups is 1. The van der Waals surface area contributed by atoms with Crippen LogP contribution in [0.2, 0.25) is 0 Å². The fourth-order valence-corrected chi connectivity index (χ4v) is 3.49. The Morgan fingerprint density at radius 1 is 1.33 bits per heavy atom. The van der Waals surface area contributed by atoms with Crippen molar-refractivity contribution in [1.82, 2.24) is 5.32 Å². The number of rotatable bonds is 5. The molecule has 0 aromatic heterocycles. The molecule has 2 fully saturated rings. The van der Waals surface area contributed by atoms with Crippen molar-refractivity contribution in [3.05, 3.63) is 35.9 Å². The van der Waals surface area contributed by atoms with E-state index in [1.165, 1.54) is 0 Å². The van der Waals surface area contributed by atoms with Crippen LogP contribution in [0.15, 0.2) is 30.3 Å². The van der Waals surface area contributed by atoms with Crippen LogP contribution >= 0.6 is 0 Å². The van der Waals surface area contributed by atoms with E-state index in [1.807, 2.05) is 30.3 Å². The van der Waals surface area contributed by atoms with Gasteiger partial charge in [0, 0.05) is 24.5 Å². The molecule has 1 aliphatic heterocycles. The zero-order valence-electron chi connectivity index (χ0n) is 13.7. The van der Waals surface area contributed by atoms with E-state index in [9.17, 15) is 19.8 Å². The predicted molar refractivity (Wildman–Crippen MR) is 79.0 cm³/mol. The Hall–Kier alpha value is -0.284. The number of ether oxygens (including phenoxy) is 1. The van der Waals surface area contributed by atoms with Gasteiger partial charge in [0.1, 0.15) is 0 Å². The fraction of sp³-hybridized carbons (Fsp3) is 0.529. The third-order valence-corrected chi connectivity index (χ3v) is 4.85. The average Bonchev–Trinajstić information content (AvgIpc) is 3.04. The van der Waals surface area contributed by atoms with Crippen molar-refractivity contribution in [3.8, 4) is 0 Å². The Kier molecular flexibility index (Phi) is 7.01. The van der Waals surface area contributed by atoms with Crippen LogP contribution in [0.25, 0.3) is 0 Å². The Morgan fingerprint density at radius 3 is 2.58 bits per heavy atom. The van der Waals surface area contributed by atoms with E-state index in [-0.39, 0.29) is 69.8 Å². The smallest absolute Gasteiger partial charge is 0.550 e. The van der Waals surface area contributed by atoms with Gasteiger partial charge in [-0.25, -0.2) is 0 Å². The molecule has 1 heterocycles. The quantitative estimate of drug-likeness (QED) is 0.538. The van der Waals surface area contributed by atoms with E-state index in [1.54, 1.807) is 0 Å². The summed E-state index contributed by atoms with van der Waals surface area (Å²) in [6, 6.07) is 8.96. The van der Waals surface area contributed by atoms with E-state index in [0.717, 1.165) is 12.0 Å². The normalized spacial score (nSPS) is 31.6. The molecule has 1 saturated carbocycles. The molecule has 0 spiro atoms. The van der Waals surface area contributed by atoms with Gasteiger partial charge in [-0.1, -0.05) is 30.3 Å². The standard InChI is InChI=1S/C17H21NO5.K/c19-14-10-13(12(14)9-15(20)21)18-16(22)17(7-4-8-23-17)11-5-2-1-3-6-11;/h1-3,5-6,12-14,19H,4,7-10H2,(H,18,22)(H,20,21);/q;+1/p-1/t12-,13+,14-,17?;/m1./s1. The number of hydrogen-bond donors (Lipinski definition) is 2. The SMILES string of the molecule is O=C([O-])C[C@H]1[C@H](O)C[C@@H]1NC(=O)C1(c2ccccc2)CCCO1.[K+]. The van der Waals surface area contributed by atoms with Crippen molar-refractivity contribution in [2.75, 3.05) is 6.61 Å². The third-order valence-electron chi connectivity index (χ3n) is 4.85. The number of carbonyl (C=O) groups excluding carboxylic acids is 2. The van der Waals surface area contributed by atoms with Gasteiger partial charge in [0.25, 0.3) is 5.91 Å². The Morgan fingerprint density at radius 2 is 2.04 bits per heavy atom. The molecule has 4 atom stereocenters. The molecule has 1 unspecified atom stereocenters. The van der Waals surface area contributed by atoms with Gasteiger partial charge in [-0.2, -0.15) is 0 Å². The maximum Gasteiger partial charge on any atom is 1.00 e. The van der Waals surface area contributed by atoms with Crippen molar-refractivity contribution >= 4 is 11.9 Å². The van der Waals surface area contributed by atoms with Gasteiger partial charge >= 0.3 is 51.4 Å². The molecule has 1 amide bonds. The molecule has 7 heteroatoms. The van der Waals surface area contributed by atoms with E-state index in [0.29, 0.717) is 19.4 Å². The minimum absolute atomic E-state index is 0. The van der Waals surface area contributed by atoms with Gasteiger partial charge < -0.3 is 25.1 Å². The second kappa shape index (κ2) is 8.40. The van der Waals surface area contributed by atoms with Crippen LogP contribution in [-0.2, 0) is 19.9 Å². The molecule has 1 aromatic rings. The number of aliphatic carboxylic acids is 1. The van der Waals surface area contributed by atoms with Crippen molar-refractivity contribution < 1.29 is 75.9 Å². The zero-order chi connectivity index (χ0) is 16.4. The number of hydrogen-bond acceptors (Lipinski definition) is 5. The molecule has 24 heavy (non-hydrogen) atoms. The number of carbonyl (C=O) groups is 2. The summed E-state index contributed by atoms with van der Waals surface area (Å²) in [6.07, 6.45) is 0.761. The Bertz CT molecular complexity index is 588. The summed E-state index contributed by atoms with van der Waals surface area (Å²) in [5.74, 6) is -1.98. The Labute approximate surface area is 183 Å². The van der Waals surface area contributed by atoms with Crippen LogP contribution in [-0.4, -0.2) is 35.7 Å². The van der Waals surface area contributed by atoms with E-state index in [4.69, 9.17) is 4.74 Å². The van der Waals surface area contributed by atoms with E-state index >= 15 is 0 Å². The summed E-state index contributed by atoms with van der Waals surface area (Å²) in [5, 5.41) is 23.3. The molecular weight excluding hydrogens is 337 g/mol. The summed E-state index contributed by atoms with van der Waals surface area (Å²) < 4.78 is 5.80. The fourth-order valence-electron chi connectivity index (χ4n) is 3.49. The van der Waals surface area contributed by atoms with Crippen molar-refractivity contribution in [1.29, 1.82) is 0 Å². The van der Waals surface area contributed by atoms with Gasteiger partial charge in [0.15, 0.2) is 5.60 Å². The Balaban J connectivity index is 0.00000208. The van der Waals surface area contributed by atoms with Crippen LogP contribution in [0.1, 0.15) is 31.2 Å². The topological polar surface area (TPSA) is 98.7 Å². The van der Waals surface area contributed by atoms with Crippen LogP contribution in [0.3, 0.4) is 0 Å². The van der Waals surface area contributed by atoms with Crippen LogP contribution in [0.4, 0.5) is 0 Å². The zero-order valence-corrected chi connectivity index (χ0v) is 16.9. The summed E-state index contributed by atoms with van der Waals surface area (Å²) >= 11 is 0. The predicted octanol–water partition coefficient (Wildman–Crippen LogP) is -3.30. The molecule has 6 nitrogen and oxygen atoms in total. The van der Waals surface area contributed by atoms with Gasteiger partial charge in [0.05, 0.1) is 6.10 Å². The molecule has 1 aliphatic carbocycles. The summed E-state index contributed by atoms with van der Waals surface area (Å²) in [7, 11) is 0. The van der Waals surface area contributed by atoms with Crippen molar-refractivity contribution in [3.63, 3.8) is 0 Å². The number of carboxylic acids is 1. The minimum Gasteiger partial charge on any atom is -0.550 e. The molecular formula is C17H20KNO5. The third kappa shape index (κ3) is 3.93. The number of benzene rings is 1. The maximum absolute atomic E-state index is 12.8. The molecule has 2 N–H and O–H groups in total. The second-order valence-corrected chi connectivity index (χ2v) is 6.27. The average molecular weight is 357 g/mol. The summed E-state index contributed by atoms with van der Waals surface area (Å²) in [4.78, 5) is 23.6. The molecule has 0 bridgehead atoms. The molecule has 0 radical (unpaired) electrons. The number of nitrogens with one attached hydrogen (secondary N) is 1. The van der Waals surface area contributed by atoms with Gasteiger partial charge in [0.2, 0.25) is 0 Å². The van der Waals surface area contributed by atoms with Crippen LogP contribution in [0.5, 0.6) is 0 Å². The van der Waals surface area contributed by atoms with Gasteiger partial charge in [-0.15, -0.1) is 0 Å². The minimum atomic E-state index is -1.22. The number of amides is 1. The molecule has 124 valence electrons. The summed E-state index contributed by atoms with van der Waals surface area (Å²) in [5.41, 5.74) is -0.222. The molecule has 2 aliphatic rings. The molecule has 3 rings (SSSR count). The number of aliphatic hydroxyl groups excluding tert-OH is 1. The second-order valence-electron chi connectivity index (χ2n) is 6.27. The monoisotopic (exact) mass is 357 g/mol. The first-order valence-electron chi connectivity index (χ1n) is 7.91. The first kappa shape index (κ1) is 20.0. The summed E-state index contributed by atoms with van der Waals surface area (Å²) in [6.45, 7) is 0.512. The van der Waals surface area contributed by atoms with Crippen molar-refractivity contribution in [2.45, 2.75) is 43.4 Å². The van der Waals surface area contributed by atoms with E-state index < -0.39 is 23.6 Å². The van der Waals surface area contributed by atoms with Crippen LogP contribution < -0.4 is 61.8 Å². The van der Waals surface area contributed by atoms with Crippen molar-refractivity contribution in [2.24, 2.45) is 5.92 Å². The molecule has 1 aromatic carbocycles. The first-order valence-corrected chi connectivity index (χ1v) is 7.91. The molecule has 1 saturated heterocycles. The number of carboxylic acid groups (broad SMARTS) is 1.